The SMILES string of the molecule is CC[C@H](C)C(CO)=Nc1nc(N)nc2cccc(F)c12. The third kappa shape index (κ3) is 2.75. The van der Waals surface area contributed by atoms with Crippen molar-refractivity contribution in [3.05, 3.63) is 24.0 Å². The third-order valence-electron chi connectivity index (χ3n) is 3.26. The van der Waals surface area contributed by atoms with Crippen LogP contribution in [-0.4, -0.2) is 27.4 Å². The summed E-state index contributed by atoms with van der Waals surface area (Å²) in [6, 6.07) is 4.53. The minimum atomic E-state index is -0.456. The van der Waals surface area contributed by atoms with E-state index in [4.69, 9.17) is 5.73 Å². The Morgan fingerprint density at radius 2 is 2.20 bits per heavy atom. The van der Waals surface area contributed by atoms with Gasteiger partial charge in [0.15, 0.2) is 5.82 Å². The molecule has 20 heavy (non-hydrogen) atoms. The predicted molar refractivity (Wildman–Crippen MR) is 77.5 cm³/mol. The van der Waals surface area contributed by atoms with E-state index in [-0.39, 0.29) is 29.7 Å². The summed E-state index contributed by atoms with van der Waals surface area (Å²) in [5.41, 5.74) is 6.58. The van der Waals surface area contributed by atoms with Crippen LogP contribution in [0.5, 0.6) is 0 Å². The Balaban J connectivity index is 2.67. The highest BCUT2D eigenvalue weighted by Gasteiger charge is 2.13. The average Bonchev–Trinajstić information content (AvgIpc) is 2.43. The van der Waals surface area contributed by atoms with Crippen LogP contribution in [0.4, 0.5) is 16.2 Å². The van der Waals surface area contributed by atoms with Crippen LogP contribution >= 0.6 is 0 Å². The molecule has 1 heterocycles. The van der Waals surface area contributed by atoms with E-state index < -0.39 is 5.82 Å². The highest BCUT2D eigenvalue weighted by molar-refractivity contribution is 5.95. The molecule has 2 aromatic rings. The Hall–Kier alpha value is -2.08. The number of benzene rings is 1. The summed E-state index contributed by atoms with van der Waals surface area (Å²) in [7, 11) is 0. The van der Waals surface area contributed by atoms with Crippen LogP contribution < -0.4 is 5.73 Å². The topological polar surface area (TPSA) is 84.4 Å². The molecule has 1 aromatic heterocycles. The van der Waals surface area contributed by atoms with Crippen LogP contribution in [0.1, 0.15) is 20.3 Å². The van der Waals surface area contributed by atoms with E-state index in [0.717, 1.165) is 6.42 Å². The summed E-state index contributed by atoms with van der Waals surface area (Å²) >= 11 is 0. The largest absolute Gasteiger partial charge is 0.390 e. The van der Waals surface area contributed by atoms with Crippen molar-refractivity contribution < 1.29 is 9.50 Å². The summed E-state index contributed by atoms with van der Waals surface area (Å²) in [5.74, 6) is -0.182. The van der Waals surface area contributed by atoms with Gasteiger partial charge >= 0.3 is 0 Å². The minimum Gasteiger partial charge on any atom is -0.390 e. The zero-order chi connectivity index (χ0) is 14.7. The zero-order valence-electron chi connectivity index (χ0n) is 11.5. The number of aliphatic hydroxyl groups is 1. The van der Waals surface area contributed by atoms with E-state index in [1.165, 1.54) is 6.07 Å². The molecule has 0 fully saturated rings. The van der Waals surface area contributed by atoms with Crippen molar-refractivity contribution >= 4 is 28.4 Å². The molecule has 5 nitrogen and oxygen atoms in total. The average molecular weight is 276 g/mol. The Labute approximate surface area is 116 Å². The van der Waals surface area contributed by atoms with Gasteiger partial charge in [0, 0.05) is 5.71 Å². The summed E-state index contributed by atoms with van der Waals surface area (Å²) < 4.78 is 14.0. The lowest BCUT2D eigenvalue weighted by Gasteiger charge is -2.11. The van der Waals surface area contributed by atoms with Crippen LogP contribution in [-0.2, 0) is 0 Å². The first-order valence-electron chi connectivity index (χ1n) is 6.46. The second kappa shape index (κ2) is 5.92. The maximum atomic E-state index is 14.0. The van der Waals surface area contributed by atoms with Crippen molar-refractivity contribution in [3.8, 4) is 0 Å². The molecule has 2 rings (SSSR count). The number of nitrogens with zero attached hydrogens (tertiary/aromatic N) is 3. The van der Waals surface area contributed by atoms with Gasteiger partial charge in [-0.2, -0.15) is 4.98 Å². The van der Waals surface area contributed by atoms with Gasteiger partial charge in [0.2, 0.25) is 5.95 Å². The van der Waals surface area contributed by atoms with Crippen molar-refractivity contribution in [2.24, 2.45) is 10.9 Å². The molecule has 3 N–H and O–H groups in total. The minimum absolute atomic E-state index is 0.0308. The second-order valence-corrected chi connectivity index (χ2v) is 4.61. The molecule has 0 saturated carbocycles. The van der Waals surface area contributed by atoms with E-state index in [0.29, 0.717) is 11.2 Å². The highest BCUT2D eigenvalue weighted by atomic mass is 19.1. The van der Waals surface area contributed by atoms with Crippen LogP contribution in [0.25, 0.3) is 10.9 Å². The molecule has 0 aliphatic carbocycles. The summed E-state index contributed by atoms with van der Waals surface area (Å²) in [4.78, 5) is 12.3. The Morgan fingerprint density at radius 3 is 2.85 bits per heavy atom. The van der Waals surface area contributed by atoms with Crippen molar-refractivity contribution in [1.29, 1.82) is 0 Å². The lowest BCUT2D eigenvalue weighted by atomic mass is 10.0. The van der Waals surface area contributed by atoms with Crippen molar-refractivity contribution in [3.63, 3.8) is 0 Å². The number of nitrogen functional groups attached to an aromatic ring is 1. The second-order valence-electron chi connectivity index (χ2n) is 4.61. The van der Waals surface area contributed by atoms with Gasteiger partial charge in [0.1, 0.15) is 5.82 Å². The fourth-order valence-electron chi connectivity index (χ4n) is 1.89. The molecular weight excluding hydrogens is 259 g/mol. The normalized spacial score (nSPS) is 13.7. The predicted octanol–water partition coefficient (Wildman–Crippen LogP) is 2.46. The number of rotatable bonds is 4. The van der Waals surface area contributed by atoms with Gasteiger partial charge in [-0.1, -0.05) is 19.9 Å². The van der Waals surface area contributed by atoms with Gasteiger partial charge in [-0.05, 0) is 24.5 Å². The molecule has 0 bridgehead atoms. The van der Waals surface area contributed by atoms with Gasteiger partial charge < -0.3 is 10.8 Å². The number of anilines is 1. The molecule has 0 aliphatic heterocycles. The number of fused-ring (bicyclic) bond motifs is 1. The molecule has 0 aliphatic rings. The third-order valence-corrected chi connectivity index (χ3v) is 3.26. The maximum Gasteiger partial charge on any atom is 0.222 e. The molecule has 0 saturated heterocycles. The molecule has 6 heteroatoms. The Bertz CT molecular complexity index is 657. The van der Waals surface area contributed by atoms with Gasteiger partial charge in [0.25, 0.3) is 0 Å². The van der Waals surface area contributed by atoms with E-state index in [9.17, 15) is 9.50 Å². The molecule has 0 radical (unpaired) electrons. The number of nitrogens with two attached hydrogens (primary N) is 1. The van der Waals surface area contributed by atoms with Gasteiger partial charge in [-0.25, -0.2) is 14.4 Å². The number of aliphatic hydroxyl groups excluding tert-OH is 1. The standard InChI is InChI=1S/C14H17FN4O/c1-3-8(2)11(7-20)17-13-12-9(15)5-4-6-10(12)18-14(16)19-13/h4-6,8,20H,3,7H2,1-2H3,(H2,16,18,19)/t8-/m0/s1. The van der Waals surface area contributed by atoms with Crippen LogP contribution in [0.15, 0.2) is 23.2 Å². The summed E-state index contributed by atoms with van der Waals surface area (Å²) in [6.45, 7) is 3.73. The highest BCUT2D eigenvalue weighted by Crippen LogP contribution is 2.27. The van der Waals surface area contributed by atoms with Crippen molar-refractivity contribution in [2.45, 2.75) is 20.3 Å². The lowest BCUT2D eigenvalue weighted by molar-refractivity contribution is 0.350. The molecular formula is C14H17FN4O. The fourth-order valence-corrected chi connectivity index (χ4v) is 1.89. The first-order valence-corrected chi connectivity index (χ1v) is 6.46. The molecule has 0 unspecified atom stereocenters. The summed E-state index contributed by atoms with van der Waals surface area (Å²) in [6.07, 6.45) is 0.820. The maximum absolute atomic E-state index is 14.0. The van der Waals surface area contributed by atoms with Crippen molar-refractivity contribution in [2.75, 3.05) is 12.3 Å². The van der Waals surface area contributed by atoms with E-state index in [2.05, 4.69) is 15.0 Å². The van der Waals surface area contributed by atoms with Crippen molar-refractivity contribution in [1.82, 2.24) is 9.97 Å². The van der Waals surface area contributed by atoms with Crippen LogP contribution in [0.3, 0.4) is 0 Å². The number of halogens is 1. The summed E-state index contributed by atoms with van der Waals surface area (Å²) in [5, 5.41) is 9.62. The monoisotopic (exact) mass is 276 g/mol. The molecule has 1 atom stereocenters. The van der Waals surface area contributed by atoms with Gasteiger partial charge in [-0.3, -0.25) is 0 Å². The Morgan fingerprint density at radius 1 is 1.45 bits per heavy atom. The van der Waals surface area contributed by atoms with E-state index >= 15 is 0 Å². The van der Waals surface area contributed by atoms with E-state index in [1.54, 1.807) is 12.1 Å². The number of hydrogen-bond donors (Lipinski definition) is 2. The molecule has 106 valence electrons. The zero-order valence-corrected chi connectivity index (χ0v) is 11.5. The lowest BCUT2D eigenvalue weighted by Crippen LogP contribution is -2.14. The quantitative estimate of drug-likeness (QED) is 0.840. The molecule has 0 amide bonds. The van der Waals surface area contributed by atoms with Gasteiger partial charge in [-0.15, -0.1) is 0 Å². The number of hydrogen-bond acceptors (Lipinski definition) is 5. The van der Waals surface area contributed by atoms with Crippen LogP contribution in [0, 0.1) is 11.7 Å². The Kier molecular flexibility index (Phi) is 4.24. The fraction of sp³-hybridized carbons (Fsp3) is 0.357. The van der Waals surface area contributed by atoms with Crippen LogP contribution in [0.2, 0.25) is 0 Å². The first kappa shape index (κ1) is 14.3. The molecule has 0 spiro atoms. The van der Waals surface area contributed by atoms with Gasteiger partial charge in [0.05, 0.1) is 17.5 Å². The van der Waals surface area contributed by atoms with E-state index in [1.807, 2.05) is 13.8 Å². The first-order chi connectivity index (χ1) is 9.56. The molecule has 1 aromatic carbocycles. The number of aromatic nitrogens is 2. The smallest absolute Gasteiger partial charge is 0.222 e. The number of aliphatic imine (C=N–C) groups is 1.